The van der Waals surface area contributed by atoms with Crippen LogP contribution in [0.15, 0.2) is 23.2 Å². The van der Waals surface area contributed by atoms with Crippen LogP contribution in [-0.4, -0.2) is 27.8 Å². The lowest BCUT2D eigenvalue weighted by atomic mass is 9.90. The molecule has 1 aromatic carbocycles. The van der Waals surface area contributed by atoms with Crippen LogP contribution < -0.4 is 0 Å². The Morgan fingerprint density at radius 2 is 2.00 bits per heavy atom. The quantitative estimate of drug-likeness (QED) is 0.648. The van der Waals surface area contributed by atoms with Gasteiger partial charge in [-0.25, -0.2) is 0 Å². The van der Waals surface area contributed by atoms with Gasteiger partial charge in [-0.2, -0.15) is 0 Å². The molecule has 98 valence electrons. The Labute approximate surface area is 113 Å². The second-order valence-corrected chi connectivity index (χ2v) is 6.07. The Hall–Kier alpha value is -1.42. The molecule has 0 spiro atoms. The van der Waals surface area contributed by atoms with Gasteiger partial charge in [-0.05, 0) is 24.0 Å². The molecule has 0 bridgehead atoms. The van der Waals surface area contributed by atoms with Crippen molar-refractivity contribution < 1.29 is 10.2 Å². The van der Waals surface area contributed by atoms with Crippen LogP contribution in [0.2, 0.25) is 0 Å². The summed E-state index contributed by atoms with van der Waals surface area (Å²) in [7, 11) is 0. The van der Waals surface area contributed by atoms with E-state index >= 15 is 0 Å². The smallest absolute Gasteiger partial charge is 0.128 e. The molecule has 0 aromatic heterocycles. The molecule has 0 radical (unpaired) electrons. The van der Waals surface area contributed by atoms with Crippen LogP contribution in [0.25, 0.3) is 0 Å². The van der Waals surface area contributed by atoms with Gasteiger partial charge in [0.15, 0.2) is 0 Å². The summed E-state index contributed by atoms with van der Waals surface area (Å²) in [5.74, 6) is 0.0494. The van der Waals surface area contributed by atoms with E-state index in [0.717, 1.165) is 11.3 Å². The fourth-order valence-electron chi connectivity index (χ4n) is 1.53. The molecule has 4 heteroatoms. The number of aromatic hydroxyl groups is 2. The summed E-state index contributed by atoms with van der Waals surface area (Å²) in [4.78, 5) is 5.11. The minimum Gasteiger partial charge on any atom is -0.508 e. The highest BCUT2D eigenvalue weighted by Crippen LogP contribution is 2.21. The number of thiocarbonyl (C=S) groups is 1. The fourth-order valence-corrected chi connectivity index (χ4v) is 2.04. The first kappa shape index (κ1) is 14.6. The number of hydrogen-bond acceptors (Lipinski definition) is 4. The van der Waals surface area contributed by atoms with Crippen molar-refractivity contribution in [2.75, 3.05) is 6.54 Å². The van der Waals surface area contributed by atoms with Gasteiger partial charge in [0.05, 0.1) is 6.54 Å². The second-order valence-electron chi connectivity index (χ2n) is 5.49. The molecular formula is C14H19NO2S. The van der Waals surface area contributed by atoms with Crippen LogP contribution in [0, 0.1) is 5.41 Å². The molecule has 0 aliphatic carbocycles. The summed E-state index contributed by atoms with van der Waals surface area (Å²) < 4.78 is 0. The number of phenols is 2. The van der Waals surface area contributed by atoms with Crippen LogP contribution in [-0.2, 0) is 0 Å². The van der Waals surface area contributed by atoms with Crippen LogP contribution in [0.4, 0.5) is 0 Å². The lowest BCUT2D eigenvalue weighted by molar-refractivity contribution is 0.435. The van der Waals surface area contributed by atoms with Crippen molar-refractivity contribution in [1.82, 2.24) is 0 Å². The lowest BCUT2D eigenvalue weighted by Crippen LogP contribution is -2.13. The van der Waals surface area contributed by atoms with Crippen molar-refractivity contribution in [3.63, 3.8) is 0 Å². The molecule has 0 saturated heterocycles. The number of benzene rings is 1. The standard InChI is InChI=1S/C14H19NO2S/c1-14(2,3)7-12(18)9-15-8-10-4-5-11(16)6-13(10)17/h4-6,8,16-17H,7,9H2,1-3H3. The number of rotatable bonds is 4. The Morgan fingerprint density at radius 1 is 1.33 bits per heavy atom. The van der Waals surface area contributed by atoms with Gasteiger partial charge < -0.3 is 10.2 Å². The van der Waals surface area contributed by atoms with Gasteiger partial charge in [0.25, 0.3) is 0 Å². The summed E-state index contributed by atoms with van der Waals surface area (Å²) in [6.45, 7) is 6.88. The van der Waals surface area contributed by atoms with Crippen molar-refractivity contribution in [3.05, 3.63) is 23.8 Å². The molecular weight excluding hydrogens is 246 g/mol. The maximum Gasteiger partial charge on any atom is 0.128 e. The first-order valence-electron chi connectivity index (χ1n) is 5.81. The van der Waals surface area contributed by atoms with Crippen molar-refractivity contribution in [2.24, 2.45) is 10.4 Å². The molecule has 0 saturated carbocycles. The van der Waals surface area contributed by atoms with Gasteiger partial charge in [-0.1, -0.05) is 33.0 Å². The predicted molar refractivity (Wildman–Crippen MR) is 78.9 cm³/mol. The van der Waals surface area contributed by atoms with Crippen LogP contribution in [0.1, 0.15) is 32.8 Å². The summed E-state index contributed by atoms with van der Waals surface area (Å²) in [6, 6.07) is 4.41. The van der Waals surface area contributed by atoms with E-state index in [-0.39, 0.29) is 16.9 Å². The zero-order chi connectivity index (χ0) is 13.8. The van der Waals surface area contributed by atoms with E-state index in [4.69, 9.17) is 17.3 Å². The Morgan fingerprint density at radius 3 is 2.56 bits per heavy atom. The third-order valence-corrected chi connectivity index (χ3v) is 2.51. The maximum atomic E-state index is 9.56. The third kappa shape index (κ3) is 5.27. The molecule has 18 heavy (non-hydrogen) atoms. The van der Waals surface area contributed by atoms with Gasteiger partial charge in [0.2, 0.25) is 0 Å². The number of phenolic OH excluding ortho intramolecular Hbond substituents is 2. The lowest BCUT2D eigenvalue weighted by Gasteiger charge is -2.17. The molecule has 0 fully saturated rings. The van der Waals surface area contributed by atoms with Crippen LogP contribution in [0.5, 0.6) is 11.5 Å². The van der Waals surface area contributed by atoms with Gasteiger partial charge in [0.1, 0.15) is 11.5 Å². The number of hydrogen-bond donors (Lipinski definition) is 2. The highest BCUT2D eigenvalue weighted by Gasteiger charge is 2.12. The summed E-state index contributed by atoms with van der Waals surface area (Å²) >= 11 is 5.25. The minimum absolute atomic E-state index is 0.0143. The average molecular weight is 265 g/mol. The Kier molecular flexibility index (Phi) is 4.84. The van der Waals surface area contributed by atoms with Gasteiger partial charge in [-0.15, -0.1) is 0 Å². The molecule has 2 N–H and O–H groups in total. The van der Waals surface area contributed by atoms with Crippen molar-refractivity contribution in [2.45, 2.75) is 27.2 Å². The monoisotopic (exact) mass is 265 g/mol. The van der Waals surface area contributed by atoms with E-state index in [0.29, 0.717) is 12.1 Å². The van der Waals surface area contributed by atoms with E-state index < -0.39 is 0 Å². The zero-order valence-electron chi connectivity index (χ0n) is 11.0. The first-order valence-corrected chi connectivity index (χ1v) is 6.22. The number of aliphatic imine (C=N–C) groups is 1. The van der Waals surface area contributed by atoms with E-state index in [1.807, 2.05) is 0 Å². The Bertz CT molecular complexity index is 461. The molecule has 0 aliphatic heterocycles. The van der Waals surface area contributed by atoms with E-state index in [1.54, 1.807) is 12.3 Å². The minimum atomic E-state index is 0.0143. The van der Waals surface area contributed by atoms with E-state index in [9.17, 15) is 5.11 Å². The summed E-state index contributed by atoms with van der Waals surface area (Å²) in [5.41, 5.74) is 0.749. The summed E-state index contributed by atoms with van der Waals surface area (Å²) in [6.07, 6.45) is 2.42. The third-order valence-electron chi connectivity index (χ3n) is 2.24. The van der Waals surface area contributed by atoms with Crippen molar-refractivity contribution >= 4 is 23.3 Å². The highest BCUT2D eigenvalue weighted by atomic mass is 32.1. The fraction of sp³-hybridized carbons (Fsp3) is 0.429. The molecule has 3 nitrogen and oxygen atoms in total. The Balaban J connectivity index is 2.58. The van der Waals surface area contributed by atoms with Gasteiger partial charge >= 0.3 is 0 Å². The molecule has 0 heterocycles. The van der Waals surface area contributed by atoms with Gasteiger partial charge in [0, 0.05) is 22.7 Å². The van der Waals surface area contributed by atoms with E-state index in [1.165, 1.54) is 12.1 Å². The number of nitrogens with zero attached hydrogens (tertiary/aromatic N) is 1. The topological polar surface area (TPSA) is 52.8 Å². The maximum absolute atomic E-state index is 9.56. The van der Waals surface area contributed by atoms with Crippen molar-refractivity contribution in [1.29, 1.82) is 0 Å². The molecule has 0 unspecified atom stereocenters. The average Bonchev–Trinajstić information content (AvgIpc) is 2.18. The summed E-state index contributed by atoms with van der Waals surface area (Å²) in [5, 5.41) is 18.7. The second kappa shape index (κ2) is 5.96. The SMILES string of the molecule is CC(C)(C)CC(=S)CN=Cc1ccc(O)cc1O. The highest BCUT2D eigenvalue weighted by molar-refractivity contribution is 7.80. The molecule has 1 rings (SSSR count). The molecule has 0 amide bonds. The molecule has 1 aromatic rings. The zero-order valence-corrected chi connectivity index (χ0v) is 11.8. The predicted octanol–water partition coefficient (Wildman–Crippen LogP) is 3.32. The normalized spacial score (nSPS) is 11.9. The van der Waals surface area contributed by atoms with Crippen LogP contribution in [0.3, 0.4) is 0 Å². The molecule has 0 aliphatic rings. The largest absolute Gasteiger partial charge is 0.508 e. The first-order chi connectivity index (χ1) is 8.28. The van der Waals surface area contributed by atoms with Crippen molar-refractivity contribution in [3.8, 4) is 11.5 Å². The van der Waals surface area contributed by atoms with Gasteiger partial charge in [-0.3, -0.25) is 4.99 Å². The molecule has 0 atom stereocenters. The van der Waals surface area contributed by atoms with E-state index in [2.05, 4.69) is 25.8 Å². The van der Waals surface area contributed by atoms with Crippen LogP contribution >= 0.6 is 12.2 Å².